The minimum atomic E-state index is -1.42. The molecule has 2 rings (SSSR count). The van der Waals surface area contributed by atoms with Crippen LogP contribution < -0.4 is 10.1 Å². The van der Waals surface area contributed by atoms with E-state index in [1.165, 1.54) is 25.4 Å². The number of carboxylic acid groups (broad SMARTS) is 1. The number of aromatic nitrogens is 2. The molecule has 7 nitrogen and oxygen atoms in total. The summed E-state index contributed by atoms with van der Waals surface area (Å²) in [6.07, 6.45) is 1.32. The average molecular weight is 333 g/mol. The number of benzene rings is 1. The van der Waals surface area contributed by atoms with Gasteiger partial charge in [0.2, 0.25) is 0 Å². The van der Waals surface area contributed by atoms with Crippen molar-refractivity contribution in [3.05, 3.63) is 52.9 Å². The number of halogens is 1. The van der Waals surface area contributed by atoms with Crippen LogP contribution in [0.4, 0.5) is 4.39 Å². The highest BCUT2D eigenvalue weighted by molar-refractivity contribution is 5.97. The number of nitrogens with one attached hydrogen (secondary N) is 1. The van der Waals surface area contributed by atoms with E-state index in [1.807, 2.05) is 0 Å². The van der Waals surface area contributed by atoms with Gasteiger partial charge in [-0.1, -0.05) is 6.07 Å². The van der Waals surface area contributed by atoms with Gasteiger partial charge in [-0.2, -0.15) is 0 Å². The van der Waals surface area contributed by atoms with Gasteiger partial charge in [-0.3, -0.25) is 4.79 Å². The summed E-state index contributed by atoms with van der Waals surface area (Å²) in [5.74, 6) is -2.21. The summed E-state index contributed by atoms with van der Waals surface area (Å²) < 4.78 is 18.6. The summed E-state index contributed by atoms with van der Waals surface area (Å²) in [5.41, 5.74) is 0.658. The quantitative estimate of drug-likeness (QED) is 0.865. The second-order valence-corrected chi connectivity index (χ2v) is 5.05. The molecular weight excluding hydrogens is 317 g/mol. The standard InChI is InChI=1S/C16H16FN3O4/c1-8-11(7-18-9(2)19-8)15(21)20-14(16(22)23)10-4-5-13(24-3)12(17)6-10/h4-7,14H,1-3H3,(H,20,21)(H,22,23)/t14-/m1/s1. The lowest BCUT2D eigenvalue weighted by Gasteiger charge is -2.16. The van der Waals surface area contributed by atoms with Crippen molar-refractivity contribution in [3.63, 3.8) is 0 Å². The van der Waals surface area contributed by atoms with Gasteiger partial charge in [0.1, 0.15) is 5.82 Å². The van der Waals surface area contributed by atoms with Crippen LogP contribution in [-0.4, -0.2) is 34.1 Å². The van der Waals surface area contributed by atoms with Crippen LogP contribution >= 0.6 is 0 Å². The van der Waals surface area contributed by atoms with Gasteiger partial charge in [0.15, 0.2) is 17.6 Å². The van der Waals surface area contributed by atoms with E-state index in [-0.39, 0.29) is 16.9 Å². The highest BCUT2D eigenvalue weighted by Gasteiger charge is 2.25. The zero-order chi connectivity index (χ0) is 17.9. The number of hydrogen-bond donors (Lipinski definition) is 2. The van der Waals surface area contributed by atoms with Gasteiger partial charge in [-0.15, -0.1) is 0 Å². The van der Waals surface area contributed by atoms with Crippen LogP contribution in [0, 0.1) is 19.7 Å². The smallest absolute Gasteiger partial charge is 0.330 e. The van der Waals surface area contributed by atoms with Gasteiger partial charge in [-0.25, -0.2) is 19.2 Å². The minimum absolute atomic E-state index is 0.0167. The van der Waals surface area contributed by atoms with Gasteiger partial charge >= 0.3 is 5.97 Å². The van der Waals surface area contributed by atoms with E-state index in [0.29, 0.717) is 11.5 Å². The predicted molar refractivity (Wildman–Crippen MR) is 82.3 cm³/mol. The van der Waals surface area contributed by atoms with Crippen molar-refractivity contribution in [2.45, 2.75) is 19.9 Å². The molecule has 0 saturated heterocycles. The zero-order valence-electron chi connectivity index (χ0n) is 13.3. The molecule has 126 valence electrons. The van der Waals surface area contributed by atoms with Crippen LogP contribution in [0.1, 0.15) is 33.5 Å². The van der Waals surface area contributed by atoms with Gasteiger partial charge in [0.25, 0.3) is 5.91 Å². The zero-order valence-corrected chi connectivity index (χ0v) is 13.3. The van der Waals surface area contributed by atoms with Crippen LogP contribution in [-0.2, 0) is 4.79 Å². The first-order chi connectivity index (χ1) is 11.3. The van der Waals surface area contributed by atoms with Crippen LogP contribution in [0.2, 0.25) is 0 Å². The molecule has 1 heterocycles. The Balaban J connectivity index is 2.30. The first-order valence-electron chi connectivity index (χ1n) is 7.00. The summed E-state index contributed by atoms with van der Waals surface area (Å²) in [5, 5.41) is 11.7. The van der Waals surface area contributed by atoms with Crippen LogP contribution in [0.5, 0.6) is 5.75 Å². The normalized spacial score (nSPS) is 11.7. The molecule has 1 atom stereocenters. The van der Waals surface area contributed by atoms with Crippen molar-refractivity contribution in [3.8, 4) is 5.75 Å². The van der Waals surface area contributed by atoms with Gasteiger partial charge in [0.05, 0.1) is 18.4 Å². The number of aliphatic carboxylic acids is 1. The SMILES string of the molecule is COc1ccc([C@@H](NC(=O)c2cnc(C)nc2C)C(=O)O)cc1F. The van der Waals surface area contributed by atoms with Crippen molar-refractivity contribution in [1.82, 2.24) is 15.3 Å². The van der Waals surface area contributed by atoms with Crippen molar-refractivity contribution in [2.75, 3.05) is 7.11 Å². The first-order valence-corrected chi connectivity index (χ1v) is 7.00. The van der Waals surface area contributed by atoms with Gasteiger partial charge in [0, 0.05) is 6.20 Å². The molecule has 1 aromatic heterocycles. The maximum Gasteiger partial charge on any atom is 0.330 e. The fraction of sp³-hybridized carbons (Fsp3) is 0.250. The third kappa shape index (κ3) is 3.65. The molecule has 0 radical (unpaired) electrons. The lowest BCUT2D eigenvalue weighted by molar-refractivity contribution is -0.139. The Hall–Kier alpha value is -3.03. The molecule has 8 heteroatoms. The molecule has 0 spiro atoms. The number of aryl methyl sites for hydroxylation is 2. The molecule has 0 aliphatic heterocycles. The molecule has 2 N–H and O–H groups in total. The monoisotopic (exact) mass is 333 g/mol. The Kier molecular flexibility index (Phi) is 5.08. The van der Waals surface area contributed by atoms with Crippen molar-refractivity contribution < 1.29 is 23.8 Å². The third-order valence-electron chi connectivity index (χ3n) is 3.38. The molecule has 0 aliphatic rings. The number of ether oxygens (including phenoxy) is 1. The molecular formula is C16H16FN3O4. The van der Waals surface area contributed by atoms with E-state index in [1.54, 1.807) is 13.8 Å². The van der Waals surface area contributed by atoms with Gasteiger partial charge < -0.3 is 15.2 Å². The molecule has 24 heavy (non-hydrogen) atoms. The van der Waals surface area contributed by atoms with E-state index in [0.717, 1.165) is 6.07 Å². The van der Waals surface area contributed by atoms with E-state index in [2.05, 4.69) is 15.3 Å². The molecule has 0 aliphatic carbocycles. The fourth-order valence-corrected chi connectivity index (χ4v) is 2.16. The molecule has 2 aromatic rings. The fourth-order valence-electron chi connectivity index (χ4n) is 2.16. The number of hydrogen-bond acceptors (Lipinski definition) is 5. The third-order valence-corrected chi connectivity index (χ3v) is 3.38. The Labute approximate surface area is 137 Å². The minimum Gasteiger partial charge on any atom is -0.494 e. The molecule has 0 unspecified atom stereocenters. The van der Waals surface area contributed by atoms with Crippen LogP contribution in [0.15, 0.2) is 24.4 Å². The van der Waals surface area contributed by atoms with Crippen LogP contribution in [0.25, 0.3) is 0 Å². The van der Waals surface area contributed by atoms with Gasteiger partial charge in [-0.05, 0) is 31.5 Å². The maximum atomic E-state index is 13.8. The topological polar surface area (TPSA) is 101 Å². The van der Waals surface area contributed by atoms with Crippen molar-refractivity contribution in [1.29, 1.82) is 0 Å². The number of carbonyl (C=O) groups is 2. The predicted octanol–water partition coefficient (Wildman–Crippen LogP) is 1.80. The van der Waals surface area contributed by atoms with E-state index < -0.39 is 23.7 Å². The second-order valence-electron chi connectivity index (χ2n) is 5.05. The van der Waals surface area contributed by atoms with E-state index >= 15 is 0 Å². The molecule has 1 aromatic carbocycles. The maximum absolute atomic E-state index is 13.8. The number of rotatable bonds is 5. The number of nitrogens with zero attached hydrogens (tertiary/aromatic N) is 2. The Morgan fingerprint density at radius 3 is 2.58 bits per heavy atom. The summed E-state index contributed by atoms with van der Waals surface area (Å²) in [6.45, 7) is 3.29. The van der Waals surface area contributed by atoms with Crippen molar-refractivity contribution in [2.24, 2.45) is 0 Å². The summed E-state index contributed by atoms with van der Waals surface area (Å²) in [7, 11) is 1.30. The first kappa shape index (κ1) is 17.3. The molecule has 0 fully saturated rings. The van der Waals surface area contributed by atoms with E-state index in [4.69, 9.17) is 4.74 Å². The number of carbonyl (C=O) groups excluding carboxylic acids is 1. The molecule has 0 bridgehead atoms. The number of carboxylic acids is 1. The van der Waals surface area contributed by atoms with E-state index in [9.17, 15) is 19.1 Å². The van der Waals surface area contributed by atoms with Crippen molar-refractivity contribution >= 4 is 11.9 Å². The summed E-state index contributed by atoms with van der Waals surface area (Å²) in [4.78, 5) is 31.8. The molecule has 0 saturated carbocycles. The summed E-state index contributed by atoms with van der Waals surface area (Å²) >= 11 is 0. The Bertz CT molecular complexity index is 795. The largest absolute Gasteiger partial charge is 0.494 e. The lowest BCUT2D eigenvalue weighted by Crippen LogP contribution is -2.34. The Morgan fingerprint density at radius 1 is 1.33 bits per heavy atom. The highest BCUT2D eigenvalue weighted by Crippen LogP contribution is 2.22. The highest BCUT2D eigenvalue weighted by atomic mass is 19.1. The number of amides is 1. The average Bonchev–Trinajstić information content (AvgIpc) is 2.52. The lowest BCUT2D eigenvalue weighted by atomic mass is 10.1. The molecule has 1 amide bonds. The Morgan fingerprint density at radius 2 is 2.04 bits per heavy atom. The summed E-state index contributed by atoms with van der Waals surface area (Å²) in [6, 6.07) is 2.27. The second kappa shape index (κ2) is 7.03. The number of methoxy groups -OCH3 is 1. The van der Waals surface area contributed by atoms with Crippen LogP contribution in [0.3, 0.4) is 0 Å².